The molecule has 7 nitrogen and oxygen atoms in total. The van der Waals surface area contributed by atoms with E-state index in [4.69, 9.17) is 0 Å². The second-order valence-corrected chi connectivity index (χ2v) is 7.47. The molecule has 0 bridgehead atoms. The molecule has 27 heavy (non-hydrogen) atoms. The van der Waals surface area contributed by atoms with Gasteiger partial charge in [-0.05, 0) is 19.3 Å². The average Bonchev–Trinajstić information content (AvgIpc) is 3.06. The van der Waals surface area contributed by atoms with Crippen molar-refractivity contribution in [3.8, 4) is 11.4 Å². The molecule has 2 aromatic rings. The smallest absolute Gasteiger partial charge is 0.245 e. The minimum atomic E-state index is -0.506. The van der Waals surface area contributed by atoms with Gasteiger partial charge in [0.25, 0.3) is 0 Å². The minimum Gasteiger partial charge on any atom is -0.345 e. The van der Waals surface area contributed by atoms with Crippen molar-refractivity contribution in [2.75, 3.05) is 6.54 Å². The third-order valence-corrected chi connectivity index (χ3v) is 4.79. The van der Waals surface area contributed by atoms with E-state index in [0.29, 0.717) is 31.3 Å². The number of carbonyl (C=O) groups excluding carboxylic acids is 2. The lowest BCUT2D eigenvalue weighted by molar-refractivity contribution is -0.139. The summed E-state index contributed by atoms with van der Waals surface area (Å²) in [7, 11) is 0. The summed E-state index contributed by atoms with van der Waals surface area (Å²) in [6.07, 6.45) is 0.615. The summed E-state index contributed by atoms with van der Waals surface area (Å²) in [5.74, 6) is 1.52. The van der Waals surface area contributed by atoms with Gasteiger partial charge in [0.2, 0.25) is 11.8 Å². The summed E-state index contributed by atoms with van der Waals surface area (Å²) in [5.41, 5.74) is 0.959. The number of nitrogens with one attached hydrogen (secondary N) is 1. The molecule has 1 aromatic heterocycles. The minimum absolute atomic E-state index is 0.0538. The van der Waals surface area contributed by atoms with Crippen LogP contribution in [0.2, 0.25) is 0 Å². The predicted octanol–water partition coefficient (Wildman–Crippen LogP) is 2.40. The first-order chi connectivity index (χ1) is 12.9. The van der Waals surface area contributed by atoms with Crippen LogP contribution in [0.1, 0.15) is 46.0 Å². The Morgan fingerprint density at radius 1 is 1.22 bits per heavy atom. The number of amides is 2. The lowest BCUT2D eigenvalue weighted by atomic mass is 10.0. The molecule has 0 saturated heterocycles. The average molecular weight is 369 g/mol. The Labute approximate surface area is 159 Å². The zero-order chi connectivity index (χ0) is 19.6. The first kappa shape index (κ1) is 19.1. The van der Waals surface area contributed by atoms with Gasteiger partial charge in [0, 0.05) is 19.0 Å². The van der Waals surface area contributed by atoms with E-state index >= 15 is 0 Å². The summed E-state index contributed by atoms with van der Waals surface area (Å²) >= 11 is 0. The van der Waals surface area contributed by atoms with E-state index in [2.05, 4.69) is 15.4 Å². The van der Waals surface area contributed by atoms with E-state index < -0.39 is 6.04 Å². The molecule has 1 aromatic carbocycles. The zero-order valence-corrected chi connectivity index (χ0v) is 16.3. The number of rotatable bonds is 5. The van der Waals surface area contributed by atoms with Crippen LogP contribution in [0.25, 0.3) is 11.4 Å². The molecule has 1 aliphatic heterocycles. The molecular formula is C20H27N5O2. The van der Waals surface area contributed by atoms with E-state index in [1.165, 1.54) is 6.92 Å². The zero-order valence-electron chi connectivity index (χ0n) is 16.3. The molecule has 1 aliphatic rings. The largest absolute Gasteiger partial charge is 0.345 e. The Kier molecular flexibility index (Phi) is 5.58. The van der Waals surface area contributed by atoms with Crippen LogP contribution in [0.4, 0.5) is 0 Å². The van der Waals surface area contributed by atoms with Gasteiger partial charge in [0.1, 0.15) is 11.9 Å². The van der Waals surface area contributed by atoms with Crippen molar-refractivity contribution in [1.29, 1.82) is 0 Å². The van der Waals surface area contributed by atoms with E-state index in [-0.39, 0.29) is 17.9 Å². The van der Waals surface area contributed by atoms with Crippen LogP contribution in [0.15, 0.2) is 30.3 Å². The fourth-order valence-corrected chi connectivity index (χ4v) is 3.51. The summed E-state index contributed by atoms with van der Waals surface area (Å²) in [6.45, 7) is 8.66. The Bertz CT molecular complexity index is 815. The normalized spacial score (nSPS) is 17.5. The third kappa shape index (κ3) is 4.18. The van der Waals surface area contributed by atoms with Crippen LogP contribution in [0, 0.1) is 5.92 Å². The number of fused-ring (bicyclic) bond motifs is 1. The SMILES string of the molecule is CC(=O)N[C@@H](CC(C)C)C(=O)N1CCn2nc(-c3ccccc3)nc2[C@@H]1C. The van der Waals surface area contributed by atoms with Gasteiger partial charge in [-0.2, -0.15) is 5.10 Å². The molecule has 2 heterocycles. The number of aromatic nitrogens is 3. The molecule has 7 heteroatoms. The fourth-order valence-electron chi connectivity index (χ4n) is 3.51. The van der Waals surface area contributed by atoms with Gasteiger partial charge in [-0.25, -0.2) is 9.67 Å². The summed E-state index contributed by atoms with van der Waals surface area (Å²) in [6, 6.07) is 9.12. The van der Waals surface area contributed by atoms with Crippen molar-refractivity contribution < 1.29 is 9.59 Å². The van der Waals surface area contributed by atoms with Crippen molar-refractivity contribution >= 4 is 11.8 Å². The number of benzene rings is 1. The second-order valence-electron chi connectivity index (χ2n) is 7.47. The van der Waals surface area contributed by atoms with Crippen molar-refractivity contribution in [2.45, 2.75) is 52.7 Å². The first-order valence-corrected chi connectivity index (χ1v) is 9.44. The van der Waals surface area contributed by atoms with Crippen LogP contribution >= 0.6 is 0 Å². The van der Waals surface area contributed by atoms with Gasteiger partial charge in [-0.1, -0.05) is 44.2 Å². The molecular weight excluding hydrogens is 342 g/mol. The predicted molar refractivity (Wildman–Crippen MR) is 103 cm³/mol. The molecule has 0 radical (unpaired) electrons. The molecule has 0 spiro atoms. The Balaban J connectivity index is 1.83. The topological polar surface area (TPSA) is 80.1 Å². The molecule has 0 fully saturated rings. The molecule has 2 amide bonds. The number of hydrogen-bond acceptors (Lipinski definition) is 4. The van der Waals surface area contributed by atoms with Gasteiger partial charge in [-0.3, -0.25) is 9.59 Å². The summed E-state index contributed by atoms with van der Waals surface area (Å²) < 4.78 is 1.88. The van der Waals surface area contributed by atoms with Crippen molar-refractivity contribution in [3.63, 3.8) is 0 Å². The maximum atomic E-state index is 13.1. The van der Waals surface area contributed by atoms with Gasteiger partial charge >= 0.3 is 0 Å². The monoisotopic (exact) mass is 369 g/mol. The van der Waals surface area contributed by atoms with E-state index in [9.17, 15) is 9.59 Å². The third-order valence-electron chi connectivity index (χ3n) is 4.79. The standard InChI is InChI=1S/C20H27N5O2/c1-13(2)12-17(21-15(4)26)20(27)24-10-11-25-19(14(24)3)22-18(23-25)16-8-6-5-7-9-16/h5-9,13-14,17H,10-12H2,1-4H3,(H,21,26)/t14-,17-/m0/s1. The van der Waals surface area contributed by atoms with Crippen molar-refractivity contribution in [3.05, 3.63) is 36.2 Å². The highest BCUT2D eigenvalue weighted by atomic mass is 16.2. The van der Waals surface area contributed by atoms with Crippen LogP contribution < -0.4 is 5.32 Å². The van der Waals surface area contributed by atoms with Gasteiger partial charge in [0.15, 0.2) is 5.82 Å². The lowest BCUT2D eigenvalue weighted by Crippen LogP contribution is -2.51. The van der Waals surface area contributed by atoms with Crippen LogP contribution in [0.5, 0.6) is 0 Å². The molecule has 1 N–H and O–H groups in total. The van der Waals surface area contributed by atoms with E-state index in [0.717, 1.165) is 11.4 Å². The van der Waals surface area contributed by atoms with E-state index in [1.807, 2.05) is 60.7 Å². The summed E-state index contributed by atoms with van der Waals surface area (Å²) in [5, 5.41) is 7.42. The summed E-state index contributed by atoms with van der Waals surface area (Å²) in [4.78, 5) is 31.2. The van der Waals surface area contributed by atoms with Crippen molar-refractivity contribution in [2.24, 2.45) is 5.92 Å². The number of nitrogens with zero attached hydrogens (tertiary/aromatic N) is 4. The molecule has 0 saturated carbocycles. The highest BCUT2D eigenvalue weighted by Gasteiger charge is 2.34. The number of carbonyl (C=O) groups is 2. The lowest BCUT2D eigenvalue weighted by Gasteiger charge is -2.35. The Morgan fingerprint density at radius 3 is 2.56 bits per heavy atom. The second kappa shape index (κ2) is 7.90. The van der Waals surface area contributed by atoms with Gasteiger partial charge in [0.05, 0.1) is 12.6 Å². The quantitative estimate of drug-likeness (QED) is 0.878. The van der Waals surface area contributed by atoms with Crippen LogP contribution in [0.3, 0.4) is 0 Å². The van der Waals surface area contributed by atoms with Gasteiger partial charge in [-0.15, -0.1) is 0 Å². The maximum Gasteiger partial charge on any atom is 0.245 e. The Hall–Kier alpha value is -2.70. The number of hydrogen-bond donors (Lipinski definition) is 1. The molecule has 0 unspecified atom stereocenters. The maximum absolute atomic E-state index is 13.1. The highest BCUT2D eigenvalue weighted by Crippen LogP contribution is 2.27. The fraction of sp³-hybridized carbons (Fsp3) is 0.500. The first-order valence-electron chi connectivity index (χ1n) is 9.44. The Morgan fingerprint density at radius 2 is 1.93 bits per heavy atom. The molecule has 3 rings (SSSR count). The van der Waals surface area contributed by atoms with Crippen LogP contribution in [-0.4, -0.2) is 44.1 Å². The highest BCUT2D eigenvalue weighted by molar-refractivity contribution is 5.87. The van der Waals surface area contributed by atoms with Crippen LogP contribution in [-0.2, 0) is 16.1 Å². The van der Waals surface area contributed by atoms with Crippen molar-refractivity contribution in [1.82, 2.24) is 25.0 Å². The molecule has 144 valence electrons. The molecule has 2 atom stereocenters. The van der Waals surface area contributed by atoms with Gasteiger partial charge < -0.3 is 10.2 Å². The van der Waals surface area contributed by atoms with E-state index in [1.54, 1.807) is 0 Å². The molecule has 0 aliphatic carbocycles.